The van der Waals surface area contributed by atoms with E-state index < -0.39 is 0 Å². The summed E-state index contributed by atoms with van der Waals surface area (Å²) < 4.78 is 6.05. The molecule has 0 amide bonds. The van der Waals surface area contributed by atoms with Gasteiger partial charge >= 0.3 is 0 Å². The molecule has 1 fully saturated rings. The van der Waals surface area contributed by atoms with Gasteiger partial charge in [0.1, 0.15) is 0 Å². The maximum absolute atomic E-state index is 6.05. The number of hydrogen-bond acceptors (Lipinski definition) is 2. The summed E-state index contributed by atoms with van der Waals surface area (Å²) >= 11 is 0. The van der Waals surface area contributed by atoms with Crippen LogP contribution in [0.5, 0.6) is 0 Å². The van der Waals surface area contributed by atoms with Gasteiger partial charge in [-0.15, -0.1) is 0 Å². The lowest BCUT2D eigenvalue weighted by atomic mass is 9.88. The van der Waals surface area contributed by atoms with E-state index in [0.29, 0.717) is 18.1 Å². The first kappa shape index (κ1) is 13.0. The Morgan fingerprint density at radius 3 is 2.47 bits per heavy atom. The summed E-state index contributed by atoms with van der Waals surface area (Å²) in [7, 11) is 2.03. The fourth-order valence-electron chi connectivity index (χ4n) is 2.37. The quantitative estimate of drug-likeness (QED) is 0.758. The van der Waals surface area contributed by atoms with Crippen molar-refractivity contribution in [3.8, 4) is 0 Å². The van der Waals surface area contributed by atoms with Crippen LogP contribution in [0.4, 0.5) is 0 Å². The van der Waals surface area contributed by atoms with E-state index in [1.165, 1.54) is 25.7 Å². The fraction of sp³-hybridized carbons (Fsp3) is 1.00. The second kappa shape index (κ2) is 6.49. The van der Waals surface area contributed by atoms with Crippen LogP contribution in [0.2, 0.25) is 0 Å². The minimum Gasteiger partial charge on any atom is -0.376 e. The number of ether oxygens (including phenoxy) is 1. The molecule has 0 aromatic rings. The number of hydrogen-bond donors (Lipinski definition) is 1. The van der Waals surface area contributed by atoms with E-state index in [9.17, 15) is 0 Å². The predicted molar refractivity (Wildman–Crippen MR) is 65.1 cm³/mol. The van der Waals surface area contributed by atoms with Crippen LogP contribution in [-0.2, 0) is 4.74 Å². The van der Waals surface area contributed by atoms with Gasteiger partial charge in [0.25, 0.3) is 0 Å². The molecule has 1 aliphatic rings. The zero-order chi connectivity index (χ0) is 11.3. The molecular weight excluding hydrogens is 186 g/mol. The van der Waals surface area contributed by atoms with Gasteiger partial charge < -0.3 is 10.1 Å². The molecule has 0 spiro atoms. The van der Waals surface area contributed by atoms with Crippen molar-refractivity contribution in [2.45, 2.75) is 58.6 Å². The Balaban J connectivity index is 2.27. The molecule has 0 aromatic heterocycles. The highest BCUT2D eigenvalue weighted by Crippen LogP contribution is 2.26. The van der Waals surface area contributed by atoms with Crippen molar-refractivity contribution in [3.63, 3.8) is 0 Å². The monoisotopic (exact) mass is 213 g/mol. The largest absolute Gasteiger partial charge is 0.376 e. The second-order valence-electron chi connectivity index (χ2n) is 5.27. The normalized spacial score (nSPS) is 29.4. The van der Waals surface area contributed by atoms with Crippen LogP contribution in [0.3, 0.4) is 0 Å². The minimum absolute atomic E-state index is 0.499. The van der Waals surface area contributed by atoms with Crippen LogP contribution in [0, 0.1) is 11.8 Å². The van der Waals surface area contributed by atoms with Crippen molar-refractivity contribution >= 4 is 0 Å². The Kier molecular flexibility index (Phi) is 5.62. The third-order valence-electron chi connectivity index (χ3n) is 3.70. The van der Waals surface area contributed by atoms with E-state index in [4.69, 9.17) is 4.74 Å². The summed E-state index contributed by atoms with van der Waals surface area (Å²) in [6.07, 6.45) is 5.85. The molecule has 0 heterocycles. The first-order chi connectivity index (χ1) is 7.15. The van der Waals surface area contributed by atoms with Crippen molar-refractivity contribution in [1.82, 2.24) is 5.32 Å². The molecule has 1 rings (SSSR count). The van der Waals surface area contributed by atoms with Gasteiger partial charge in [0.15, 0.2) is 0 Å². The van der Waals surface area contributed by atoms with E-state index >= 15 is 0 Å². The highest BCUT2D eigenvalue weighted by Gasteiger charge is 2.23. The fourth-order valence-corrected chi connectivity index (χ4v) is 2.37. The number of nitrogens with one attached hydrogen (secondary N) is 1. The van der Waals surface area contributed by atoms with E-state index in [0.717, 1.165) is 12.5 Å². The molecule has 0 radical (unpaired) electrons. The molecule has 1 N–H and O–H groups in total. The Hall–Kier alpha value is -0.0800. The van der Waals surface area contributed by atoms with E-state index in [1.54, 1.807) is 0 Å². The molecule has 0 bridgehead atoms. The molecule has 2 heteroatoms. The smallest absolute Gasteiger partial charge is 0.0625 e. The lowest BCUT2D eigenvalue weighted by Gasteiger charge is -2.31. The van der Waals surface area contributed by atoms with Crippen molar-refractivity contribution in [2.24, 2.45) is 11.8 Å². The molecule has 1 aliphatic carbocycles. The number of likely N-dealkylation sites (N-methyl/N-ethyl adjacent to an activating group) is 1. The highest BCUT2D eigenvalue weighted by molar-refractivity contribution is 4.74. The van der Waals surface area contributed by atoms with Gasteiger partial charge in [0.2, 0.25) is 0 Å². The molecule has 90 valence electrons. The molecule has 3 atom stereocenters. The zero-order valence-electron chi connectivity index (χ0n) is 10.8. The minimum atomic E-state index is 0.499. The Morgan fingerprint density at radius 2 is 1.93 bits per heavy atom. The average molecular weight is 213 g/mol. The summed E-state index contributed by atoms with van der Waals surface area (Å²) in [6, 6.07) is 0.499. The third-order valence-corrected chi connectivity index (χ3v) is 3.70. The SMILES string of the molecule is CNC(COC1CCCCC1C)C(C)C. The van der Waals surface area contributed by atoms with Crippen LogP contribution >= 0.6 is 0 Å². The van der Waals surface area contributed by atoms with Gasteiger partial charge in [-0.25, -0.2) is 0 Å². The Bertz CT molecular complexity index is 170. The van der Waals surface area contributed by atoms with Gasteiger partial charge in [0.05, 0.1) is 12.7 Å². The highest BCUT2D eigenvalue weighted by atomic mass is 16.5. The summed E-state index contributed by atoms with van der Waals surface area (Å²) in [4.78, 5) is 0. The van der Waals surface area contributed by atoms with E-state index in [-0.39, 0.29) is 0 Å². The molecular formula is C13H27NO. The predicted octanol–water partition coefficient (Wildman–Crippen LogP) is 2.83. The van der Waals surface area contributed by atoms with Crippen LogP contribution in [0.1, 0.15) is 46.5 Å². The second-order valence-corrected chi connectivity index (χ2v) is 5.27. The van der Waals surface area contributed by atoms with Crippen LogP contribution in [0.15, 0.2) is 0 Å². The van der Waals surface area contributed by atoms with Gasteiger partial charge in [0, 0.05) is 6.04 Å². The molecule has 3 unspecified atom stereocenters. The molecule has 15 heavy (non-hydrogen) atoms. The lowest BCUT2D eigenvalue weighted by molar-refractivity contribution is -0.0191. The average Bonchev–Trinajstić information content (AvgIpc) is 2.21. The lowest BCUT2D eigenvalue weighted by Crippen LogP contribution is -2.38. The van der Waals surface area contributed by atoms with Crippen molar-refractivity contribution < 1.29 is 4.74 Å². The van der Waals surface area contributed by atoms with Gasteiger partial charge in [-0.3, -0.25) is 0 Å². The topological polar surface area (TPSA) is 21.3 Å². The summed E-state index contributed by atoms with van der Waals surface area (Å²) in [6.45, 7) is 7.68. The molecule has 0 aliphatic heterocycles. The summed E-state index contributed by atoms with van der Waals surface area (Å²) in [5.41, 5.74) is 0. The van der Waals surface area contributed by atoms with Crippen molar-refractivity contribution in [1.29, 1.82) is 0 Å². The maximum Gasteiger partial charge on any atom is 0.0625 e. The van der Waals surface area contributed by atoms with E-state index in [2.05, 4.69) is 26.1 Å². The number of rotatable bonds is 5. The Labute approximate surface area is 94.8 Å². The van der Waals surface area contributed by atoms with Gasteiger partial charge in [-0.1, -0.05) is 33.6 Å². The molecule has 0 aromatic carbocycles. The Morgan fingerprint density at radius 1 is 1.27 bits per heavy atom. The maximum atomic E-state index is 6.05. The molecule has 2 nitrogen and oxygen atoms in total. The third kappa shape index (κ3) is 4.12. The van der Waals surface area contributed by atoms with Gasteiger partial charge in [-0.05, 0) is 31.7 Å². The van der Waals surface area contributed by atoms with Crippen molar-refractivity contribution in [2.75, 3.05) is 13.7 Å². The zero-order valence-corrected chi connectivity index (χ0v) is 10.8. The van der Waals surface area contributed by atoms with Crippen molar-refractivity contribution in [3.05, 3.63) is 0 Å². The van der Waals surface area contributed by atoms with E-state index in [1.807, 2.05) is 7.05 Å². The van der Waals surface area contributed by atoms with Crippen LogP contribution in [-0.4, -0.2) is 25.8 Å². The summed E-state index contributed by atoms with van der Waals surface area (Å²) in [5.74, 6) is 1.40. The summed E-state index contributed by atoms with van der Waals surface area (Å²) in [5, 5.41) is 3.33. The van der Waals surface area contributed by atoms with Crippen LogP contribution in [0.25, 0.3) is 0 Å². The van der Waals surface area contributed by atoms with Gasteiger partial charge in [-0.2, -0.15) is 0 Å². The first-order valence-corrected chi connectivity index (χ1v) is 6.44. The molecule has 0 saturated heterocycles. The molecule has 1 saturated carbocycles. The first-order valence-electron chi connectivity index (χ1n) is 6.44. The van der Waals surface area contributed by atoms with Crippen LogP contribution < -0.4 is 5.32 Å². The standard InChI is InChI=1S/C13H27NO/c1-10(2)12(14-4)9-15-13-8-6-5-7-11(13)3/h10-14H,5-9H2,1-4H3.